The number of hydrogen-bond acceptors (Lipinski definition) is 5. The minimum Gasteiger partial charge on any atom is -0.488 e. The first-order chi connectivity index (χ1) is 18.6. The molecule has 39 heavy (non-hydrogen) atoms. The topological polar surface area (TPSA) is 106 Å². The number of sulfonamides is 1. The molecule has 5 rings (SSSR count). The van der Waals surface area contributed by atoms with Crippen LogP contribution in [0.3, 0.4) is 0 Å². The standard InChI is InChI=1S/C30H34N2O6S/c1-4-23-18-32(39(36,37)28-8-6-5-7-27(28)38-23)17-22-15-21(10-9-19(22)2)24(16-29(33)34)25-13-14-26(31(25)3)30(35)20-11-12-20/h5-10,13-15,20,23-24H,4,11-12,16-18H2,1-3H3,(H,33,34)/t23-,24?/m1/s1. The Morgan fingerprint density at radius 1 is 1.10 bits per heavy atom. The molecule has 1 fully saturated rings. The summed E-state index contributed by atoms with van der Waals surface area (Å²) in [6.07, 6.45) is 1.99. The second kappa shape index (κ2) is 10.6. The maximum Gasteiger partial charge on any atom is 0.304 e. The highest BCUT2D eigenvalue weighted by Crippen LogP contribution is 2.37. The van der Waals surface area contributed by atoms with Gasteiger partial charge in [-0.2, -0.15) is 4.31 Å². The van der Waals surface area contributed by atoms with Gasteiger partial charge in [-0.1, -0.05) is 37.3 Å². The van der Waals surface area contributed by atoms with Gasteiger partial charge in [0.2, 0.25) is 10.0 Å². The number of fused-ring (bicyclic) bond motifs is 1. The summed E-state index contributed by atoms with van der Waals surface area (Å²) in [6, 6.07) is 16.0. The van der Waals surface area contributed by atoms with Crippen molar-refractivity contribution in [2.45, 2.75) is 63.0 Å². The maximum absolute atomic E-state index is 13.7. The van der Waals surface area contributed by atoms with Crippen LogP contribution in [0, 0.1) is 12.8 Å². The number of aromatic nitrogens is 1. The van der Waals surface area contributed by atoms with E-state index in [9.17, 15) is 23.1 Å². The molecule has 8 nitrogen and oxygen atoms in total. The third kappa shape index (κ3) is 5.38. The molecule has 9 heteroatoms. The van der Waals surface area contributed by atoms with Gasteiger partial charge in [-0.05, 0) is 67.1 Å². The van der Waals surface area contributed by atoms with Gasteiger partial charge in [0.1, 0.15) is 16.7 Å². The molecule has 0 radical (unpaired) electrons. The summed E-state index contributed by atoms with van der Waals surface area (Å²) >= 11 is 0. The van der Waals surface area contributed by atoms with Gasteiger partial charge in [0.25, 0.3) is 0 Å². The molecule has 0 amide bonds. The average molecular weight is 551 g/mol. The number of Topliss-reactive ketones (excluding diaryl/α,β-unsaturated/α-hetero) is 1. The number of ether oxygens (including phenoxy) is 1. The Morgan fingerprint density at radius 3 is 2.54 bits per heavy atom. The highest BCUT2D eigenvalue weighted by molar-refractivity contribution is 7.89. The second-order valence-corrected chi connectivity index (χ2v) is 12.5. The Morgan fingerprint density at radius 2 is 1.85 bits per heavy atom. The largest absolute Gasteiger partial charge is 0.488 e. The van der Waals surface area contributed by atoms with Crippen molar-refractivity contribution >= 4 is 21.8 Å². The van der Waals surface area contributed by atoms with E-state index in [2.05, 4.69) is 0 Å². The number of carbonyl (C=O) groups excluding carboxylic acids is 1. The predicted molar refractivity (Wildman–Crippen MR) is 146 cm³/mol. The van der Waals surface area contributed by atoms with Crippen LogP contribution in [0.4, 0.5) is 0 Å². The number of carboxylic acid groups (broad SMARTS) is 1. The van der Waals surface area contributed by atoms with Crippen LogP contribution in [0.1, 0.15) is 71.4 Å². The van der Waals surface area contributed by atoms with E-state index in [0.29, 0.717) is 17.9 Å². The fraction of sp³-hybridized carbons (Fsp3) is 0.400. The van der Waals surface area contributed by atoms with E-state index < -0.39 is 21.9 Å². The Balaban J connectivity index is 1.51. The fourth-order valence-electron chi connectivity index (χ4n) is 5.32. The number of aryl methyl sites for hydroxylation is 1. The number of para-hydroxylation sites is 1. The molecule has 1 saturated carbocycles. The highest BCUT2D eigenvalue weighted by Gasteiger charge is 2.35. The summed E-state index contributed by atoms with van der Waals surface area (Å²) in [7, 11) is -2.02. The first kappa shape index (κ1) is 27.1. The lowest BCUT2D eigenvalue weighted by Gasteiger charge is -2.24. The molecule has 2 atom stereocenters. The lowest BCUT2D eigenvalue weighted by atomic mass is 9.90. The zero-order valence-corrected chi connectivity index (χ0v) is 23.3. The quantitative estimate of drug-likeness (QED) is 0.380. The molecule has 206 valence electrons. The zero-order chi connectivity index (χ0) is 27.9. The van der Waals surface area contributed by atoms with Gasteiger partial charge in [-0.3, -0.25) is 9.59 Å². The minimum atomic E-state index is -3.82. The number of nitrogens with zero attached hydrogens (tertiary/aromatic N) is 2. The Kier molecular flexibility index (Phi) is 7.39. The summed E-state index contributed by atoms with van der Waals surface area (Å²) in [6.45, 7) is 4.23. The summed E-state index contributed by atoms with van der Waals surface area (Å²) in [4.78, 5) is 24.8. The van der Waals surface area contributed by atoms with Crippen molar-refractivity contribution in [1.29, 1.82) is 0 Å². The lowest BCUT2D eigenvalue weighted by molar-refractivity contribution is -0.137. The van der Waals surface area contributed by atoms with Crippen LogP contribution < -0.4 is 4.74 Å². The number of aliphatic carboxylic acids is 1. The number of carbonyl (C=O) groups is 2. The molecule has 1 aliphatic carbocycles. The first-order valence-corrected chi connectivity index (χ1v) is 14.8. The Hall–Kier alpha value is -3.43. The first-order valence-electron chi connectivity index (χ1n) is 13.4. The van der Waals surface area contributed by atoms with Gasteiger partial charge in [-0.25, -0.2) is 8.42 Å². The van der Waals surface area contributed by atoms with Gasteiger partial charge < -0.3 is 14.4 Å². The van der Waals surface area contributed by atoms with E-state index >= 15 is 0 Å². The van der Waals surface area contributed by atoms with Crippen molar-refractivity contribution in [3.63, 3.8) is 0 Å². The summed E-state index contributed by atoms with van der Waals surface area (Å²) in [5, 5.41) is 9.77. The molecular formula is C30H34N2O6S. The molecule has 1 aromatic heterocycles. The van der Waals surface area contributed by atoms with E-state index in [-0.39, 0.29) is 42.2 Å². The van der Waals surface area contributed by atoms with Crippen LogP contribution in [0.15, 0.2) is 59.5 Å². The monoisotopic (exact) mass is 550 g/mol. The number of carboxylic acids is 1. The average Bonchev–Trinajstić information content (AvgIpc) is 3.70. The molecule has 0 bridgehead atoms. The molecule has 1 aliphatic heterocycles. The van der Waals surface area contributed by atoms with Gasteiger partial charge in [0.05, 0.1) is 18.7 Å². The van der Waals surface area contributed by atoms with Gasteiger partial charge in [0.15, 0.2) is 5.78 Å². The molecule has 2 aliphatic rings. The zero-order valence-electron chi connectivity index (χ0n) is 22.5. The van der Waals surface area contributed by atoms with E-state index in [1.165, 1.54) is 4.31 Å². The number of ketones is 1. The number of benzene rings is 2. The Labute approximate surface area is 229 Å². The highest BCUT2D eigenvalue weighted by atomic mass is 32.2. The normalized spacial score (nSPS) is 19.5. The van der Waals surface area contributed by atoms with E-state index in [0.717, 1.165) is 35.2 Å². The molecule has 2 heterocycles. The number of rotatable bonds is 9. The van der Waals surface area contributed by atoms with Gasteiger partial charge >= 0.3 is 5.97 Å². The van der Waals surface area contributed by atoms with Crippen LogP contribution in [-0.4, -0.2) is 46.8 Å². The van der Waals surface area contributed by atoms with Crippen molar-refractivity contribution in [3.8, 4) is 5.75 Å². The molecule has 1 unspecified atom stereocenters. The van der Waals surface area contributed by atoms with Crippen molar-refractivity contribution in [1.82, 2.24) is 8.87 Å². The van der Waals surface area contributed by atoms with Crippen LogP contribution in [0.25, 0.3) is 0 Å². The number of hydrogen-bond donors (Lipinski definition) is 1. The van der Waals surface area contributed by atoms with Crippen molar-refractivity contribution in [2.75, 3.05) is 6.54 Å². The van der Waals surface area contributed by atoms with Gasteiger partial charge in [-0.15, -0.1) is 0 Å². The van der Waals surface area contributed by atoms with Crippen LogP contribution in [-0.2, 0) is 28.4 Å². The van der Waals surface area contributed by atoms with Crippen molar-refractivity contribution < 1.29 is 27.9 Å². The maximum atomic E-state index is 13.7. The smallest absolute Gasteiger partial charge is 0.304 e. The van der Waals surface area contributed by atoms with Gasteiger partial charge in [0, 0.05) is 31.1 Å². The summed E-state index contributed by atoms with van der Waals surface area (Å²) in [5.41, 5.74) is 3.80. The van der Waals surface area contributed by atoms with E-state index in [4.69, 9.17) is 4.74 Å². The third-order valence-corrected chi connectivity index (χ3v) is 9.69. The SMILES string of the molecule is CC[C@@H]1CN(Cc2cc(C(CC(=O)O)c3ccc(C(=O)C4CC4)n3C)ccc2C)S(=O)(=O)c2ccccc2O1. The molecule has 1 N–H and O–H groups in total. The fourth-order valence-corrected chi connectivity index (χ4v) is 6.89. The second-order valence-electron chi connectivity index (χ2n) is 10.6. The van der Waals surface area contributed by atoms with E-state index in [1.54, 1.807) is 37.4 Å². The van der Waals surface area contributed by atoms with Crippen LogP contribution in [0.2, 0.25) is 0 Å². The lowest BCUT2D eigenvalue weighted by Crippen LogP contribution is -2.36. The molecular weight excluding hydrogens is 516 g/mol. The predicted octanol–water partition coefficient (Wildman–Crippen LogP) is 4.89. The van der Waals surface area contributed by atoms with Crippen molar-refractivity contribution in [3.05, 3.63) is 82.7 Å². The third-order valence-electron chi connectivity index (χ3n) is 7.84. The molecule has 0 spiro atoms. The molecule has 2 aromatic carbocycles. The van der Waals surface area contributed by atoms with Crippen LogP contribution >= 0.6 is 0 Å². The Bertz CT molecular complexity index is 1520. The molecule has 0 saturated heterocycles. The molecule has 3 aromatic rings. The van der Waals surface area contributed by atoms with Crippen LogP contribution in [0.5, 0.6) is 5.75 Å². The summed E-state index contributed by atoms with van der Waals surface area (Å²) < 4.78 is 36.7. The van der Waals surface area contributed by atoms with Crippen molar-refractivity contribution in [2.24, 2.45) is 13.0 Å². The minimum absolute atomic E-state index is 0.0620. The van der Waals surface area contributed by atoms with E-state index in [1.807, 2.05) is 42.7 Å². The summed E-state index contributed by atoms with van der Waals surface area (Å²) in [5.74, 6) is -0.929.